The topological polar surface area (TPSA) is 88.2 Å². The Hall–Kier alpha value is -2.45. The molecule has 4 rings (SSSR count). The molecule has 1 aliphatic carbocycles. The summed E-state index contributed by atoms with van der Waals surface area (Å²) in [5.74, 6) is 0.00899. The van der Waals surface area contributed by atoms with Crippen LogP contribution in [0.3, 0.4) is 0 Å². The molecule has 1 fully saturated rings. The molecule has 6 nitrogen and oxygen atoms in total. The molecule has 29 heavy (non-hydrogen) atoms. The lowest BCUT2D eigenvalue weighted by Crippen LogP contribution is -2.24. The molecule has 3 aromatic rings. The van der Waals surface area contributed by atoms with Crippen LogP contribution in [0.25, 0.3) is 10.2 Å². The van der Waals surface area contributed by atoms with Gasteiger partial charge >= 0.3 is 0 Å². The van der Waals surface area contributed by atoms with Crippen molar-refractivity contribution in [2.75, 3.05) is 10.0 Å². The molecule has 2 aromatic carbocycles. The van der Waals surface area contributed by atoms with E-state index in [0.29, 0.717) is 16.3 Å². The summed E-state index contributed by atoms with van der Waals surface area (Å²) in [5.41, 5.74) is 1.85. The maximum atomic E-state index is 12.4. The smallest absolute Gasteiger partial charge is 0.236 e. The zero-order valence-corrected chi connectivity index (χ0v) is 17.6. The third-order valence-electron chi connectivity index (χ3n) is 5.07. The number of benzene rings is 2. The molecule has 0 radical (unpaired) electrons. The molecule has 1 amide bonds. The molecule has 0 unspecified atom stereocenters. The van der Waals surface area contributed by atoms with Gasteiger partial charge in [-0.05, 0) is 36.6 Å². The number of rotatable bonds is 6. The van der Waals surface area contributed by atoms with E-state index in [1.807, 2.05) is 24.3 Å². The van der Waals surface area contributed by atoms with Crippen LogP contribution in [-0.4, -0.2) is 19.3 Å². The van der Waals surface area contributed by atoms with Gasteiger partial charge in [0.15, 0.2) is 5.13 Å². The van der Waals surface area contributed by atoms with Gasteiger partial charge in [-0.1, -0.05) is 60.9 Å². The first-order valence-electron chi connectivity index (χ1n) is 9.74. The van der Waals surface area contributed by atoms with E-state index in [0.717, 1.165) is 35.9 Å². The molecule has 1 heterocycles. The van der Waals surface area contributed by atoms with Gasteiger partial charge in [0.1, 0.15) is 0 Å². The molecular weight excluding hydrogens is 406 g/mol. The van der Waals surface area contributed by atoms with E-state index >= 15 is 0 Å². The number of nitrogens with one attached hydrogen (secondary N) is 2. The van der Waals surface area contributed by atoms with Crippen molar-refractivity contribution in [1.82, 2.24) is 4.98 Å². The van der Waals surface area contributed by atoms with E-state index in [4.69, 9.17) is 0 Å². The molecule has 0 aliphatic heterocycles. The van der Waals surface area contributed by atoms with Gasteiger partial charge in [0, 0.05) is 5.92 Å². The number of nitrogens with zero attached hydrogens (tertiary/aromatic N) is 1. The second-order valence-corrected chi connectivity index (χ2v) is 10.1. The molecule has 1 aromatic heterocycles. The second kappa shape index (κ2) is 8.51. The Bertz CT molecular complexity index is 1100. The van der Waals surface area contributed by atoms with Crippen molar-refractivity contribution in [3.63, 3.8) is 0 Å². The minimum Gasteiger partial charge on any atom is -0.302 e. The molecule has 0 bridgehead atoms. The fourth-order valence-electron chi connectivity index (χ4n) is 3.63. The number of hydrogen-bond donors (Lipinski definition) is 2. The van der Waals surface area contributed by atoms with Crippen LogP contribution in [0.15, 0.2) is 48.5 Å². The summed E-state index contributed by atoms with van der Waals surface area (Å²) < 4.78 is 28.4. The fourth-order valence-corrected chi connectivity index (χ4v) is 5.66. The minimum atomic E-state index is -3.53. The van der Waals surface area contributed by atoms with Crippen LogP contribution in [0.1, 0.15) is 37.7 Å². The number of amides is 1. The number of fused-ring (bicyclic) bond motifs is 1. The minimum absolute atomic E-state index is 0.0348. The lowest BCUT2D eigenvalue weighted by molar-refractivity contribution is -0.120. The van der Waals surface area contributed by atoms with Gasteiger partial charge in [-0.2, -0.15) is 0 Å². The van der Waals surface area contributed by atoms with E-state index in [2.05, 4.69) is 15.0 Å². The van der Waals surface area contributed by atoms with Gasteiger partial charge in [-0.15, -0.1) is 0 Å². The van der Waals surface area contributed by atoms with Crippen LogP contribution >= 0.6 is 11.3 Å². The zero-order valence-electron chi connectivity index (χ0n) is 15.9. The number of carbonyl (C=O) groups excluding carboxylic acids is 1. The second-order valence-electron chi connectivity index (χ2n) is 7.37. The largest absolute Gasteiger partial charge is 0.302 e. The van der Waals surface area contributed by atoms with Crippen LogP contribution in [-0.2, 0) is 20.6 Å². The summed E-state index contributed by atoms with van der Waals surface area (Å²) in [4.78, 5) is 16.9. The predicted molar refractivity (Wildman–Crippen MR) is 118 cm³/mol. The van der Waals surface area contributed by atoms with Gasteiger partial charge in [0.25, 0.3) is 0 Å². The number of aromatic nitrogens is 1. The highest BCUT2D eigenvalue weighted by Gasteiger charge is 2.22. The monoisotopic (exact) mass is 429 g/mol. The number of hydrogen-bond acceptors (Lipinski definition) is 5. The van der Waals surface area contributed by atoms with Crippen molar-refractivity contribution in [2.24, 2.45) is 5.92 Å². The summed E-state index contributed by atoms with van der Waals surface area (Å²) in [7, 11) is -3.53. The lowest BCUT2D eigenvalue weighted by atomic mass is 9.89. The van der Waals surface area contributed by atoms with Crippen LogP contribution in [0.2, 0.25) is 0 Å². The third-order valence-corrected chi connectivity index (χ3v) is 7.28. The Kier molecular flexibility index (Phi) is 5.82. The van der Waals surface area contributed by atoms with E-state index in [1.54, 1.807) is 24.3 Å². The first kappa shape index (κ1) is 19.8. The predicted octanol–water partition coefficient (Wildman–Crippen LogP) is 4.76. The highest BCUT2D eigenvalue weighted by Crippen LogP contribution is 2.30. The van der Waals surface area contributed by atoms with Crippen molar-refractivity contribution >= 4 is 48.3 Å². The fraction of sp³-hybridized carbons (Fsp3) is 0.333. The van der Waals surface area contributed by atoms with E-state index in [1.165, 1.54) is 17.8 Å². The summed E-state index contributed by atoms with van der Waals surface area (Å²) in [6, 6.07) is 14.3. The first-order chi connectivity index (χ1) is 14.0. The lowest BCUT2D eigenvalue weighted by Gasteiger charge is -2.19. The van der Waals surface area contributed by atoms with Crippen molar-refractivity contribution in [1.29, 1.82) is 0 Å². The standard InChI is InChI=1S/C21H23N3O3S2/c25-20(16-9-5-2-6-10-16)23-21-22-18-13-17(11-12-19(18)28-21)24-29(26,27)14-15-7-3-1-4-8-15/h1,3-4,7-8,11-13,16,24H,2,5-6,9-10,14H2,(H,22,23,25). The molecule has 152 valence electrons. The Morgan fingerprint density at radius 1 is 1.07 bits per heavy atom. The number of carbonyl (C=O) groups is 1. The maximum absolute atomic E-state index is 12.4. The van der Waals surface area contributed by atoms with Crippen LogP contribution < -0.4 is 10.0 Å². The molecule has 1 aliphatic rings. The molecule has 0 atom stereocenters. The number of sulfonamides is 1. The van der Waals surface area contributed by atoms with Crippen molar-refractivity contribution in [3.8, 4) is 0 Å². The van der Waals surface area contributed by atoms with Gasteiger partial charge in [-0.25, -0.2) is 13.4 Å². The quantitative estimate of drug-likeness (QED) is 0.591. The summed E-state index contributed by atoms with van der Waals surface area (Å²) in [6.07, 6.45) is 5.27. The Morgan fingerprint density at radius 3 is 2.59 bits per heavy atom. The zero-order chi connectivity index (χ0) is 20.3. The van der Waals surface area contributed by atoms with E-state index < -0.39 is 10.0 Å². The van der Waals surface area contributed by atoms with Gasteiger partial charge < -0.3 is 5.32 Å². The number of thiazole rings is 1. The Morgan fingerprint density at radius 2 is 1.83 bits per heavy atom. The molecule has 0 spiro atoms. The third kappa shape index (κ3) is 5.13. The highest BCUT2D eigenvalue weighted by atomic mass is 32.2. The normalized spacial score (nSPS) is 15.3. The van der Waals surface area contributed by atoms with Crippen LogP contribution in [0.4, 0.5) is 10.8 Å². The maximum Gasteiger partial charge on any atom is 0.236 e. The average Bonchev–Trinajstić information content (AvgIpc) is 3.10. The molecule has 8 heteroatoms. The summed E-state index contributed by atoms with van der Waals surface area (Å²) in [6.45, 7) is 0. The SMILES string of the molecule is O=C(Nc1nc2cc(NS(=O)(=O)Cc3ccccc3)ccc2s1)C1CCCCC1. The van der Waals surface area contributed by atoms with E-state index in [-0.39, 0.29) is 17.6 Å². The summed E-state index contributed by atoms with van der Waals surface area (Å²) in [5, 5.41) is 3.49. The molecule has 2 N–H and O–H groups in total. The van der Waals surface area contributed by atoms with E-state index in [9.17, 15) is 13.2 Å². The van der Waals surface area contributed by atoms with Crippen LogP contribution in [0.5, 0.6) is 0 Å². The molecule has 1 saturated carbocycles. The first-order valence-corrected chi connectivity index (χ1v) is 12.2. The summed E-state index contributed by atoms with van der Waals surface area (Å²) >= 11 is 1.40. The van der Waals surface area contributed by atoms with Crippen molar-refractivity contribution in [2.45, 2.75) is 37.9 Å². The van der Waals surface area contributed by atoms with Crippen molar-refractivity contribution in [3.05, 3.63) is 54.1 Å². The van der Waals surface area contributed by atoms with Gasteiger partial charge in [-0.3, -0.25) is 9.52 Å². The number of anilines is 2. The Balaban J connectivity index is 1.46. The van der Waals surface area contributed by atoms with Gasteiger partial charge in [0.05, 0.1) is 21.7 Å². The average molecular weight is 430 g/mol. The van der Waals surface area contributed by atoms with Crippen molar-refractivity contribution < 1.29 is 13.2 Å². The van der Waals surface area contributed by atoms with Crippen LogP contribution in [0, 0.1) is 5.92 Å². The highest BCUT2D eigenvalue weighted by molar-refractivity contribution is 7.91. The molecular formula is C21H23N3O3S2. The van der Waals surface area contributed by atoms with Gasteiger partial charge in [0.2, 0.25) is 15.9 Å². The Labute approximate surface area is 174 Å². The molecule has 0 saturated heterocycles.